The van der Waals surface area contributed by atoms with Crippen LogP contribution in [0.25, 0.3) is 0 Å². The Balaban J connectivity index is 0.00000128. The van der Waals surface area contributed by atoms with Crippen LogP contribution in [0.15, 0.2) is 18.2 Å². The second-order valence-corrected chi connectivity index (χ2v) is 3.83. The van der Waals surface area contributed by atoms with Gasteiger partial charge in [-0.3, -0.25) is 0 Å². The van der Waals surface area contributed by atoms with Crippen molar-refractivity contribution < 1.29 is 9.47 Å². The van der Waals surface area contributed by atoms with E-state index in [2.05, 4.69) is 6.92 Å². The molecule has 0 radical (unpaired) electrons. The molecule has 0 fully saturated rings. The number of nitrogens with two attached hydrogens (primary N) is 1. The maximum Gasteiger partial charge on any atom is 0.231 e. The van der Waals surface area contributed by atoms with Crippen molar-refractivity contribution in [2.45, 2.75) is 32.2 Å². The van der Waals surface area contributed by atoms with Crippen molar-refractivity contribution in [3.8, 4) is 11.5 Å². The minimum atomic E-state index is 0. The van der Waals surface area contributed by atoms with Crippen molar-refractivity contribution in [1.82, 2.24) is 0 Å². The maximum absolute atomic E-state index is 6.12. The minimum absolute atomic E-state index is 0. The predicted molar refractivity (Wildman–Crippen MR) is 66.3 cm³/mol. The van der Waals surface area contributed by atoms with E-state index in [9.17, 15) is 0 Å². The molecule has 0 aromatic heterocycles. The molecule has 2 rings (SSSR count). The van der Waals surface area contributed by atoms with E-state index in [0.29, 0.717) is 6.79 Å². The first-order valence-corrected chi connectivity index (χ1v) is 5.47. The molecule has 3 nitrogen and oxygen atoms in total. The Morgan fingerprint density at radius 3 is 2.94 bits per heavy atom. The fourth-order valence-corrected chi connectivity index (χ4v) is 1.82. The summed E-state index contributed by atoms with van der Waals surface area (Å²) in [6.07, 6.45) is 3.31. The van der Waals surface area contributed by atoms with E-state index >= 15 is 0 Å². The maximum atomic E-state index is 6.12. The molecule has 1 atom stereocenters. The summed E-state index contributed by atoms with van der Waals surface area (Å²) in [5.74, 6) is 1.65. The fraction of sp³-hybridized carbons (Fsp3) is 0.500. The lowest BCUT2D eigenvalue weighted by Gasteiger charge is -2.13. The van der Waals surface area contributed by atoms with Crippen LogP contribution in [0.1, 0.15) is 37.8 Å². The zero-order chi connectivity index (χ0) is 10.7. The van der Waals surface area contributed by atoms with Gasteiger partial charge in [0, 0.05) is 11.6 Å². The topological polar surface area (TPSA) is 44.5 Å². The summed E-state index contributed by atoms with van der Waals surface area (Å²) in [5.41, 5.74) is 7.19. The lowest BCUT2D eigenvalue weighted by molar-refractivity contribution is 0.173. The first-order valence-electron chi connectivity index (χ1n) is 5.47. The largest absolute Gasteiger partial charge is 0.454 e. The van der Waals surface area contributed by atoms with E-state index in [4.69, 9.17) is 15.2 Å². The van der Waals surface area contributed by atoms with Crippen LogP contribution in [0, 0.1) is 0 Å². The molecule has 90 valence electrons. The van der Waals surface area contributed by atoms with Gasteiger partial charge >= 0.3 is 0 Å². The quantitative estimate of drug-likeness (QED) is 0.884. The van der Waals surface area contributed by atoms with Crippen LogP contribution in [-0.2, 0) is 0 Å². The molecule has 1 heterocycles. The van der Waals surface area contributed by atoms with Gasteiger partial charge in [0.1, 0.15) is 0 Å². The summed E-state index contributed by atoms with van der Waals surface area (Å²) in [6.45, 7) is 2.48. The summed E-state index contributed by atoms with van der Waals surface area (Å²) in [4.78, 5) is 0. The summed E-state index contributed by atoms with van der Waals surface area (Å²) in [6, 6.07) is 5.96. The fourth-order valence-electron chi connectivity index (χ4n) is 1.82. The van der Waals surface area contributed by atoms with Gasteiger partial charge < -0.3 is 15.2 Å². The van der Waals surface area contributed by atoms with Crippen LogP contribution in [-0.4, -0.2) is 6.79 Å². The molecule has 0 unspecified atom stereocenters. The zero-order valence-electron chi connectivity index (χ0n) is 9.44. The highest BCUT2D eigenvalue weighted by molar-refractivity contribution is 5.85. The minimum Gasteiger partial charge on any atom is -0.454 e. The van der Waals surface area contributed by atoms with Crippen molar-refractivity contribution in [3.63, 3.8) is 0 Å². The van der Waals surface area contributed by atoms with Gasteiger partial charge in [0.25, 0.3) is 0 Å². The molecule has 0 spiro atoms. The van der Waals surface area contributed by atoms with Crippen molar-refractivity contribution in [2.24, 2.45) is 5.73 Å². The number of hydrogen-bond acceptors (Lipinski definition) is 3. The Hall–Kier alpha value is -0.930. The molecule has 1 aliphatic rings. The monoisotopic (exact) mass is 243 g/mol. The van der Waals surface area contributed by atoms with Crippen LogP contribution < -0.4 is 15.2 Å². The first-order chi connectivity index (χ1) is 7.33. The molecule has 16 heavy (non-hydrogen) atoms. The van der Waals surface area contributed by atoms with Crippen LogP contribution >= 0.6 is 12.4 Å². The average Bonchev–Trinajstić information content (AvgIpc) is 2.73. The van der Waals surface area contributed by atoms with Crippen molar-refractivity contribution in [3.05, 3.63) is 23.8 Å². The van der Waals surface area contributed by atoms with Crippen molar-refractivity contribution in [1.29, 1.82) is 0 Å². The molecule has 0 bridgehead atoms. The van der Waals surface area contributed by atoms with Gasteiger partial charge in [0.05, 0.1) is 0 Å². The van der Waals surface area contributed by atoms with E-state index in [0.717, 1.165) is 29.9 Å². The normalized spacial score (nSPS) is 14.4. The number of hydrogen-bond donors (Lipinski definition) is 1. The van der Waals surface area contributed by atoms with Crippen molar-refractivity contribution >= 4 is 12.4 Å². The third kappa shape index (κ3) is 2.60. The highest BCUT2D eigenvalue weighted by Crippen LogP contribution is 2.38. The molecule has 2 N–H and O–H groups in total. The van der Waals surface area contributed by atoms with Crippen molar-refractivity contribution in [2.75, 3.05) is 6.79 Å². The summed E-state index contributed by atoms with van der Waals surface area (Å²) in [7, 11) is 0. The van der Waals surface area contributed by atoms with Gasteiger partial charge in [0.2, 0.25) is 6.79 Å². The SMILES string of the molecule is CCCC[C@H](N)c1cccc2c1OCO2.Cl. The first kappa shape index (κ1) is 13.1. The van der Waals surface area contributed by atoms with E-state index < -0.39 is 0 Å². The molecule has 1 aliphatic heterocycles. The molecule has 0 aliphatic carbocycles. The number of halogens is 1. The van der Waals surface area contributed by atoms with E-state index in [-0.39, 0.29) is 18.4 Å². The van der Waals surface area contributed by atoms with Gasteiger partial charge in [-0.05, 0) is 12.5 Å². The van der Waals surface area contributed by atoms with Gasteiger partial charge in [-0.25, -0.2) is 0 Å². The number of rotatable bonds is 4. The number of fused-ring (bicyclic) bond motifs is 1. The summed E-state index contributed by atoms with van der Waals surface area (Å²) in [5, 5.41) is 0. The lowest BCUT2D eigenvalue weighted by Crippen LogP contribution is -2.10. The van der Waals surface area contributed by atoms with E-state index in [1.54, 1.807) is 0 Å². The second-order valence-electron chi connectivity index (χ2n) is 3.83. The Morgan fingerprint density at radius 2 is 2.19 bits per heavy atom. The number of benzene rings is 1. The standard InChI is InChI=1S/C12H17NO2.ClH/c1-2-3-6-10(13)9-5-4-7-11-12(9)15-8-14-11;/h4-5,7,10H,2-3,6,8,13H2,1H3;1H/t10-;/m0./s1. The molecule has 0 amide bonds. The van der Waals surface area contributed by atoms with E-state index in [1.165, 1.54) is 6.42 Å². The summed E-state index contributed by atoms with van der Waals surface area (Å²) < 4.78 is 10.7. The number of para-hydroxylation sites is 1. The van der Waals surface area contributed by atoms with Gasteiger partial charge in [-0.15, -0.1) is 12.4 Å². The number of unbranched alkanes of at least 4 members (excludes halogenated alkanes) is 1. The average molecular weight is 244 g/mol. The van der Waals surface area contributed by atoms with Gasteiger partial charge in [-0.2, -0.15) is 0 Å². The Bertz CT molecular complexity index is 344. The van der Waals surface area contributed by atoms with Gasteiger partial charge in [-0.1, -0.05) is 31.9 Å². The molecular weight excluding hydrogens is 226 g/mol. The number of ether oxygens (including phenoxy) is 2. The van der Waals surface area contributed by atoms with E-state index in [1.807, 2.05) is 18.2 Å². The molecular formula is C12H18ClNO2. The third-order valence-corrected chi connectivity index (χ3v) is 2.70. The van der Waals surface area contributed by atoms with Crippen LogP contribution in [0.2, 0.25) is 0 Å². The zero-order valence-corrected chi connectivity index (χ0v) is 10.3. The van der Waals surface area contributed by atoms with Gasteiger partial charge in [0.15, 0.2) is 11.5 Å². The lowest BCUT2D eigenvalue weighted by atomic mass is 10.0. The highest BCUT2D eigenvalue weighted by atomic mass is 35.5. The molecule has 0 saturated carbocycles. The second kappa shape index (κ2) is 5.97. The Kier molecular flexibility index (Phi) is 4.90. The molecule has 0 saturated heterocycles. The van der Waals surface area contributed by atoms with Crippen LogP contribution in [0.5, 0.6) is 11.5 Å². The Morgan fingerprint density at radius 1 is 1.38 bits per heavy atom. The Labute approximate surface area is 102 Å². The molecule has 4 heteroatoms. The molecule has 1 aromatic carbocycles. The van der Waals surface area contributed by atoms with Crippen LogP contribution in [0.3, 0.4) is 0 Å². The predicted octanol–water partition coefficient (Wildman–Crippen LogP) is 3.03. The molecule has 1 aromatic rings. The smallest absolute Gasteiger partial charge is 0.231 e. The third-order valence-electron chi connectivity index (χ3n) is 2.70. The summed E-state index contributed by atoms with van der Waals surface area (Å²) >= 11 is 0. The highest BCUT2D eigenvalue weighted by Gasteiger charge is 2.20. The van der Waals surface area contributed by atoms with Crippen LogP contribution in [0.4, 0.5) is 0 Å².